The molecule has 114 valence electrons. The molecule has 0 aliphatic carbocycles. The molecule has 0 atom stereocenters. The first-order valence-corrected chi connectivity index (χ1v) is 6.77. The summed E-state index contributed by atoms with van der Waals surface area (Å²) in [6.45, 7) is 0.172. The second kappa shape index (κ2) is 5.40. The van der Waals surface area contributed by atoms with Gasteiger partial charge in [-0.3, -0.25) is 0 Å². The van der Waals surface area contributed by atoms with Gasteiger partial charge in [0.1, 0.15) is 5.75 Å². The van der Waals surface area contributed by atoms with E-state index in [1.165, 1.54) is 12.1 Å². The molecule has 5 heteroatoms. The molecule has 0 aliphatic rings. The molecule has 22 heavy (non-hydrogen) atoms. The maximum atomic E-state index is 13.1. The standard InChI is InChI=1S/C17H14F3NO/c1-22-14-6-7-16-12(10-14)8-9-21(16)11-13-4-2-3-5-15(13)17(18,19)20/h2-10H,11H2,1H3. The third-order valence-corrected chi connectivity index (χ3v) is 3.64. The van der Waals surface area contributed by atoms with E-state index in [1.54, 1.807) is 30.0 Å². The zero-order valence-corrected chi connectivity index (χ0v) is 11.9. The van der Waals surface area contributed by atoms with Gasteiger partial charge in [-0.25, -0.2) is 0 Å². The Morgan fingerprint density at radius 1 is 1.05 bits per heavy atom. The van der Waals surface area contributed by atoms with Crippen LogP contribution in [0.25, 0.3) is 10.9 Å². The van der Waals surface area contributed by atoms with Crippen LogP contribution >= 0.6 is 0 Å². The van der Waals surface area contributed by atoms with E-state index in [0.717, 1.165) is 22.7 Å². The van der Waals surface area contributed by atoms with Crippen LogP contribution in [0.15, 0.2) is 54.7 Å². The molecule has 0 radical (unpaired) electrons. The third-order valence-electron chi connectivity index (χ3n) is 3.64. The van der Waals surface area contributed by atoms with Gasteiger partial charge in [-0.05, 0) is 35.9 Å². The van der Waals surface area contributed by atoms with Crippen LogP contribution in [0.4, 0.5) is 13.2 Å². The predicted octanol–water partition coefficient (Wildman–Crippen LogP) is 4.72. The summed E-state index contributed by atoms with van der Waals surface area (Å²) >= 11 is 0. The largest absolute Gasteiger partial charge is 0.497 e. The summed E-state index contributed by atoms with van der Waals surface area (Å²) < 4.78 is 46.2. The second-order valence-corrected chi connectivity index (χ2v) is 5.02. The Kier molecular flexibility index (Phi) is 3.56. The molecule has 1 aromatic heterocycles. The average molecular weight is 305 g/mol. The van der Waals surface area contributed by atoms with E-state index in [4.69, 9.17) is 4.74 Å². The molecule has 0 saturated carbocycles. The number of hydrogen-bond donors (Lipinski definition) is 0. The van der Waals surface area contributed by atoms with Crippen molar-refractivity contribution in [3.05, 3.63) is 65.9 Å². The van der Waals surface area contributed by atoms with Crippen molar-refractivity contribution in [1.29, 1.82) is 0 Å². The number of aromatic nitrogens is 1. The maximum Gasteiger partial charge on any atom is 0.416 e. The number of fused-ring (bicyclic) bond motifs is 1. The predicted molar refractivity (Wildman–Crippen MR) is 79.0 cm³/mol. The van der Waals surface area contributed by atoms with E-state index in [-0.39, 0.29) is 12.1 Å². The number of ether oxygens (including phenoxy) is 1. The molecule has 0 saturated heterocycles. The first kappa shape index (κ1) is 14.5. The summed E-state index contributed by atoms with van der Waals surface area (Å²) in [5.74, 6) is 0.723. The summed E-state index contributed by atoms with van der Waals surface area (Å²) in [6, 6.07) is 13.0. The molecule has 3 aromatic rings. The highest BCUT2D eigenvalue weighted by Crippen LogP contribution is 2.32. The van der Waals surface area contributed by atoms with Gasteiger partial charge in [-0.15, -0.1) is 0 Å². The summed E-state index contributed by atoms with van der Waals surface area (Å²) in [6.07, 6.45) is -2.56. The van der Waals surface area contributed by atoms with Gasteiger partial charge in [-0.2, -0.15) is 13.2 Å². The Morgan fingerprint density at radius 3 is 2.55 bits per heavy atom. The molecule has 3 rings (SSSR count). The van der Waals surface area contributed by atoms with E-state index >= 15 is 0 Å². The van der Waals surface area contributed by atoms with E-state index in [0.29, 0.717) is 0 Å². The van der Waals surface area contributed by atoms with Crippen molar-refractivity contribution in [3.63, 3.8) is 0 Å². The second-order valence-electron chi connectivity index (χ2n) is 5.02. The fourth-order valence-electron chi connectivity index (χ4n) is 2.56. The van der Waals surface area contributed by atoms with Crippen LogP contribution in [0, 0.1) is 0 Å². The molecule has 2 aromatic carbocycles. The molecule has 0 unspecified atom stereocenters. The lowest BCUT2D eigenvalue weighted by molar-refractivity contribution is -0.138. The summed E-state index contributed by atoms with van der Waals surface area (Å²) in [7, 11) is 1.58. The fourth-order valence-corrected chi connectivity index (χ4v) is 2.56. The minimum absolute atomic E-state index is 0.172. The summed E-state index contributed by atoms with van der Waals surface area (Å²) in [5, 5.41) is 0.934. The van der Waals surface area contributed by atoms with E-state index in [1.807, 2.05) is 18.2 Å². The van der Waals surface area contributed by atoms with Crippen LogP contribution in [-0.2, 0) is 12.7 Å². The topological polar surface area (TPSA) is 14.2 Å². The molecular formula is C17H14F3NO. The average Bonchev–Trinajstić information content (AvgIpc) is 2.89. The van der Waals surface area contributed by atoms with E-state index in [9.17, 15) is 13.2 Å². The number of benzene rings is 2. The Bertz CT molecular complexity index is 805. The highest BCUT2D eigenvalue weighted by Gasteiger charge is 2.32. The van der Waals surface area contributed by atoms with Gasteiger partial charge >= 0.3 is 6.18 Å². The van der Waals surface area contributed by atoms with Crippen LogP contribution in [0.5, 0.6) is 5.75 Å². The van der Waals surface area contributed by atoms with Gasteiger partial charge in [0.05, 0.1) is 12.7 Å². The number of alkyl halides is 3. The molecule has 1 heterocycles. The molecule has 0 N–H and O–H groups in total. The van der Waals surface area contributed by atoms with Crippen LogP contribution in [0.3, 0.4) is 0 Å². The van der Waals surface area contributed by atoms with Gasteiger partial charge < -0.3 is 9.30 Å². The Labute approximate surface area is 125 Å². The van der Waals surface area contributed by atoms with Crippen molar-refractivity contribution in [1.82, 2.24) is 4.57 Å². The van der Waals surface area contributed by atoms with E-state index < -0.39 is 11.7 Å². The zero-order valence-electron chi connectivity index (χ0n) is 11.9. The van der Waals surface area contributed by atoms with Crippen LogP contribution in [0.2, 0.25) is 0 Å². The van der Waals surface area contributed by atoms with Crippen LogP contribution < -0.4 is 4.74 Å². The Morgan fingerprint density at radius 2 is 1.82 bits per heavy atom. The monoisotopic (exact) mass is 305 g/mol. The maximum absolute atomic E-state index is 13.1. The molecule has 0 bridgehead atoms. The quantitative estimate of drug-likeness (QED) is 0.683. The van der Waals surface area contributed by atoms with Crippen molar-refractivity contribution in [2.75, 3.05) is 7.11 Å². The molecule has 0 aliphatic heterocycles. The minimum atomic E-state index is -4.34. The number of hydrogen-bond acceptors (Lipinski definition) is 1. The first-order chi connectivity index (χ1) is 10.5. The number of methoxy groups -OCH3 is 1. The van der Waals surface area contributed by atoms with Crippen molar-refractivity contribution in [3.8, 4) is 5.75 Å². The van der Waals surface area contributed by atoms with E-state index in [2.05, 4.69) is 0 Å². The molecule has 2 nitrogen and oxygen atoms in total. The highest BCUT2D eigenvalue weighted by molar-refractivity contribution is 5.81. The van der Waals surface area contributed by atoms with Crippen LogP contribution in [-0.4, -0.2) is 11.7 Å². The lowest BCUT2D eigenvalue weighted by Crippen LogP contribution is -2.11. The van der Waals surface area contributed by atoms with Crippen molar-refractivity contribution in [2.45, 2.75) is 12.7 Å². The number of halogens is 3. The van der Waals surface area contributed by atoms with Gasteiger partial charge in [0, 0.05) is 23.6 Å². The lowest BCUT2D eigenvalue weighted by Gasteiger charge is -2.14. The molecule has 0 amide bonds. The number of rotatable bonds is 3. The molecular weight excluding hydrogens is 291 g/mol. The SMILES string of the molecule is COc1ccc2c(ccn2Cc2ccccc2C(F)(F)F)c1. The van der Waals surface area contributed by atoms with Gasteiger partial charge in [0.15, 0.2) is 0 Å². The zero-order chi connectivity index (χ0) is 15.7. The van der Waals surface area contributed by atoms with Gasteiger partial charge in [0.2, 0.25) is 0 Å². The van der Waals surface area contributed by atoms with Crippen molar-refractivity contribution in [2.24, 2.45) is 0 Å². The smallest absolute Gasteiger partial charge is 0.416 e. The van der Waals surface area contributed by atoms with Crippen molar-refractivity contribution < 1.29 is 17.9 Å². The highest BCUT2D eigenvalue weighted by atomic mass is 19.4. The van der Waals surface area contributed by atoms with Crippen LogP contribution in [0.1, 0.15) is 11.1 Å². The Balaban J connectivity index is 2.01. The summed E-state index contributed by atoms with van der Waals surface area (Å²) in [4.78, 5) is 0. The summed E-state index contributed by atoms with van der Waals surface area (Å²) in [5.41, 5.74) is 0.534. The Hall–Kier alpha value is -2.43. The first-order valence-electron chi connectivity index (χ1n) is 6.77. The lowest BCUT2D eigenvalue weighted by atomic mass is 10.1. The molecule has 0 spiro atoms. The van der Waals surface area contributed by atoms with Gasteiger partial charge in [0.25, 0.3) is 0 Å². The molecule has 0 fully saturated rings. The third kappa shape index (κ3) is 2.66. The minimum Gasteiger partial charge on any atom is -0.497 e. The number of nitrogens with zero attached hydrogens (tertiary/aromatic N) is 1. The fraction of sp³-hybridized carbons (Fsp3) is 0.176. The van der Waals surface area contributed by atoms with Crippen molar-refractivity contribution >= 4 is 10.9 Å². The normalized spacial score (nSPS) is 11.8. The van der Waals surface area contributed by atoms with Gasteiger partial charge in [-0.1, -0.05) is 18.2 Å².